The minimum atomic E-state index is -1.01. The van der Waals surface area contributed by atoms with Crippen molar-refractivity contribution in [1.29, 1.82) is 0 Å². The Bertz CT molecular complexity index is 599. The lowest BCUT2D eigenvalue weighted by atomic mass is 10.1. The second-order valence-electron chi connectivity index (χ2n) is 5.56. The number of hydrogen-bond donors (Lipinski definition) is 4. The molecule has 5 heteroatoms. The van der Waals surface area contributed by atoms with Crippen molar-refractivity contribution < 1.29 is 9.90 Å². The second kappa shape index (κ2) is 8.92. The lowest BCUT2D eigenvalue weighted by Crippen LogP contribution is -2.35. The zero-order valence-corrected chi connectivity index (χ0v) is 13.0. The van der Waals surface area contributed by atoms with Crippen LogP contribution in [0.25, 0.3) is 0 Å². The van der Waals surface area contributed by atoms with Crippen LogP contribution in [0.1, 0.15) is 16.7 Å². The molecule has 0 unspecified atom stereocenters. The molecule has 0 saturated carbocycles. The number of carbonyl (C=O) groups is 1. The third kappa shape index (κ3) is 6.50. The maximum absolute atomic E-state index is 10.4. The minimum Gasteiger partial charge on any atom is -0.465 e. The molecular formula is C18H23N3O2. The quantitative estimate of drug-likeness (QED) is 0.601. The number of amides is 1. The van der Waals surface area contributed by atoms with Gasteiger partial charge in [0.05, 0.1) is 0 Å². The molecule has 0 aliphatic rings. The Balaban J connectivity index is 1.70. The van der Waals surface area contributed by atoms with E-state index < -0.39 is 6.09 Å². The summed E-state index contributed by atoms with van der Waals surface area (Å²) in [5.41, 5.74) is 9.47. The van der Waals surface area contributed by atoms with Crippen molar-refractivity contribution in [3.63, 3.8) is 0 Å². The molecule has 2 aromatic carbocycles. The van der Waals surface area contributed by atoms with Crippen LogP contribution >= 0.6 is 0 Å². The van der Waals surface area contributed by atoms with Crippen LogP contribution in [0, 0.1) is 0 Å². The highest BCUT2D eigenvalue weighted by molar-refractivity contribution is 5.64. The Morgan fingerprint density at radius 3 is 2.17 bits per heavy atom. The summed E-state index contributed by atoms with van der Waals surface area (Å²) in [6.45, 7) is 1.82. The first-order valence-corrected chi connectivity index (χ1v) is 7.68. The van der Waals surface area contributed by atoms with Gasteiger partial charge in [-0.3, -0.25) is 0 Å². The lowest BCUT2D eigenvalue weighted by Gasteiger charge is -2.13. The average molecular weight is 313 g/mol. The summed E-state index contributed by atoms with van der Waals surface area (Å²) >= 11 is 0. The van der Waals surface area contributed by atoms with Gasteiger partial charge in [-0.25, -0.2) is 4.79 Å². The van der Waals surface area contributed by atoms with E-state index in [1.54, 1.807) is 0 Å². The lowest BCUT2D eigenvalue weighted by molar-refractivity contribution is 0.194. The van der Waals surface area contributed by atoms with Crippen molar-refractivity contribution in [3.8, 4) is 0 Å². The van der Waals surface area contributed by atoms with E-state index in [1.165, 1.54) is 5.56 Å². The molecule has 2 aromatic rings. The second-order valence-corrected chi connectivity index (χ2v) is 5.56. The van der Waals surface area contributed by atoms with E-state index in [1.807, 2.05) is 42.5 Å². The van der Waals surface area contributed by atoms with Crippen LogP contribution in [0.15, 0.2) is 54.6 Å². The first-order chi connectivity index (χ1) is 11.1. The Hall–Kier alpha value is -2.37. The molecule has 0 bridgehead atoms. The van der Waals surface area contributed by atoms with Crippen LogP contribution in [0.4, 0.5) is 4.79 Å². The Labute approximate surface area is 136 Å². The minimum absolute atomic E-state index is 0.0800. The molecule has 1 amide bonds. The van der Waals surface area contributed by atoms with Crippen LogP contribution < -0.4 is 16.4 Å². The number of rotatable bonds is 8. The van der Waals surface area contributed by atoms with Gasteiger partial charge in [-0.05, 0) is 23.1 Å². The number of benzene rings is 2. The van der Waals surface area contributed by atoms with Crippen LogP contribution in [-0.4, -0.2) is 23.8 Å². The van der Waals surface area contributed by atoms with Gasteiger partial charge in [-0.15, -0.1) is 0 Å². The molecule has 2 rings (SSSR count). The molecule has 0 radical (unpaired) electrons. The fraction of sp³-hybridized carbons (Fsp3) is 0.278. The van der Waals surface area contributed by atoms with Gasteiger partial charge in [0.15, 0.2) is 0 Å². The van der Waals surface area contributed by atoms with Crippen LogP contribution in [0.2, 0.25) is 0 Å². The Morgan fingerprint density at radius 1 is 0.957 bits per heavy atom. The number of hydrogen-bond acceptors (Lipinski definition) is 3. The van der Waals surface area contributed by atoms with Gasteiger partial charge in [0.25, 0.3) is 0 Å². The largest absolute Gasteiger partial charge is 0.465 e. The van der Waals surface area contributed by atoms with Gasteiger partial charge in [0.1, 0.15) is 0 Å². The number of nitrogens with one attached hydrogen (secondary N) is 2. The third-order valence-electron chi connectivity index (χ3n) is 3.54. The molecule has 0 aromatic heterocycles. The summed E-state index contributed by atoms with van der Waals surface area (Å²) in [7, 11) is 0. The van der Waals surface area contributed by atoms with Crippen molar-refractivity contribution >= 4 is 6.09 Å². The van der Waals surface area contributed by atoms with Gasteiger partial charge in [0.2, 0.25) is 0 Å². The monoisotopic (exact) mass is 313 g/mol. The summed E-state index contributed by atoms with van der Waals surface area (Å²) in [5.74, 6) is 0. The van der Waals surface area contributed by atoms with Gasteiger partial charge in [-0.1, -0.05) is 54.6 Å². The van der Waals surface area contributed by atoms with Crippen molar-refractivity contribution in [1.82, 2.24) is 10.6 Å². The predicted molar refractivity (Wildman–Crippen MR) is 91.1 cm³/mol. The predicted octanol–water partition coefficient (Wildman–Crippen LogP) is 2.11. The summed E-state index contributed by atoms with van der Waals surface area (Å²) in [4.78, 5) is 10.4. The molecule has 0 fully saturated rings. The third-order valence-corrected chi connectivity index (χ3v) is 3.54. The normalized spacial score (nSPS) is 11.9. The average Bonchev–Trinajstić information content (AvgIpc) is 2.55. The van der Waals surface area contributed by atoms with E-state index in [9.17, 15) is 4.79 Å². The zero-order chi connectivity index (χ0) is 16.5. The van der Waals surface area contributed by atoms with Crippen LogP contribution in [0.5, 0.6) is 0 Å². The fourth-order valence-electron chi connectivity index (χ4n) is 2.34. The van der Waals surface area contributed by atoms with Crippen LogP contribution in [0.3, 0.4) is 0 Å². The standard InChI is InChI=1S/C18H23N3O2/c19-17(10-14-4-2-1-3-5-14)13-20-11-15-6-8-16(9-7-15)12-21-18(22)23/h1-9,17,20-21H,10-13,19H2,(H,22,23)/t17-/m0/s1. The molecule has 0 saturated heterocycles. The molecule has 122 valence electrons. The van der Waals surface area contributed by atoms with E-state index in [0.717, 1.165) is 30.6 Å². The maximum atomic E-state index is 10.4. The van der Waals surface area contributed by atoms with Crippen molar-refractivity contribution in [2.75, 3.05) is 6.54 Å². The molecule has 1 atom stereocenters. The fourth-order valence-corrected chi connectivity index (χ4v) is 2.34. The summed E-state index contributed by atoms with van der Waals surface area (Å²) in [6, 6.07) is 18.1. The summed E-state index contributed by atoms with van der Waals surface area (Å²) < 4.78 is 0. The highest BCUT2D eigenvalue weighted by atomic mass is 16.4. The van der Waals surface area contributed by atoms with Gasteiger partial charge >= 0.3 is 6.09 Å². The molecule has 0 aliphatic heterocycles. The van der Waals surface area contributed by atoms with E-state index >= 15 is 0 Å². The Kier molecular flexibility index (Phi) is 6.59. The highest BCUT2D eigenvalue weighted by Gasteiger charge is 2.04. The Morgan fingerprint density at radius 2 is 1.57 bits per heavy atom. The van der Waals surface area contributed by atoms with Crippen LogP contribution in [-0.2, 0) is 19.5 Å². The molecule has 5 N–H and O–H groups in total. The molecule has 23 heavy (non-hydrogen) atoms. The summed E-state index contributed by atoms with van der Waals surface area (Å²) in [5, 5.41) is 14.3. The van der Waals surface area contributed by atoms with E-state index in [2.05, 4.69) is 22.8 Å². The van der Waals surface area contributed by atoms with E-state index in [4.69, 9.17) is 10.8 Å². The van der Waals surface area contributed by atoms with Gasteiger partial charge in [-0.2, -0.15) is 0 Å². The van der Waals surface area contributed by atoms with Crippen molar-refractivity contribution in [3.05, 3.63) is 71.3 Å². The number of carboxylic acid groups (broad SMARTS) is 1. The van der Waals surface area contributed by atoms with E-state index in [0.29, 0.717) is 6.54 Å². The summed E-state index contributed by atoms with van der Waals surface area (Å²) in [6.07, 6.45) is -0.156. The first-order valence-electron chi connectivity index (χ1n) is 7.68. The molecule has 0 aliphatic carbocycles. The zero-order valence-electron chi connectivity index (χ0n) is 13.0. The maximum Gasteiger partial charge on any atom is 0.404 e. The number of nitrogens with two attached hydrogens (primary N) is 1. The molecular weight excluding hydrogens is 290 g/mol. The van der Waals surface area contributed by atoms with Crippen molar-refractivity contribution in [2.24, 2.45) is 5.73 Å². The smallest absolute Gasteiger partial charge is 0.404 e. The van der Waals surface area contributed by atoms with Gasteiger partial charge in [0, 0.05) is 25.7 Å². The first kappa shape index (κ1) is 17.0. The van der Waals surface area contributed by atoms with Gasteiger partial charge < -0.3 is 21.5 Å². The van der Waals surface area contributed by atoms with E-state index in [-0.39, 0.29) is 6.04 Å². The molecule has 5 nitrogen and oxygen atoms in total. The topological polar surface area (TPSA) is 87.4 Å². The highest BCUT2D eigenvalue weighted by Crippen LogP contribution is 2.05. The molecule has 0 heterocycles. The molecule has 0 spiro atoms. The SMILES string of the molecule is N[C@H](CNCc1ccc(CNC(=O)O)cc1)Cc1ccccc1. The van der Waals surface area contributed by atoms with Crippen molar-refractivity contribution in [2.45, 2.75) is 25.6 Å².